The predicted octanol–water partition coefficient (Wildman–Crippen LogP) is 1.70. The van der Waals surface area contributed by atoms with Crippen molar-refractivity contribution < 1.29 is 22.9 Å². The molecule has 158 valence electrons. The second kappa shape index (κ2) is 8.49. The number of carbonyl (C=O) groups excluding carboxylic acids is 2. The van der Waals surface area contributed by atoms with Gasteiger partial charge in [0.2, 0.25) is 5.91 Å². The summed E-state index contributed by atoms with van der Waals surface area (Å²) >= 11 is 0. The van der Waals surface area contributed by atoms with Crippen molar-refractivity contribution >= 4 is 33.2 Å². The normalized spacial score (nSPS) is 14.3. The van der Waals surface area contributed by atoms with Crippen molar-refractivity contribution in [2.45, 2.75) is 11.8 Å². The summed E-state index contributed by atoms with van der Waals surface area (Å²) in [5, 5.41) is 10.9. The lowest BCUT2D eigenvalue weighted by Gasteiger charge is -2.34. The molecule has 0 aromatic heterocycles. The van der Waals surface area contributed by atoms with Crippen LogP contribution in [0.15, 0.2) is 53.4 Å². The predicted molar refractivity (Wildman–Crippen MR) is 109 cm³/mol. The Morgan fingerprint density at radius 3 is 2.27 bits per heavy atom. The van der Waals surface area contributed by atoms with Crippen LogP contribution in [0.3, 0.4) is 0 Å². The minimum absolute atomic E-state index is 0.0628. The first-order chi connectivity index (χ1) is 14.2. The van der Waals surface area contributed by atoms with E-state index in [2.05, 4.69) is 4.72 Å². The topological polar surface area (TPSA) is 130 Å². The number of hydrogen-bond acceptors (Lipinski definition) is 6. The second-order valence-electron chi connectivity index (χ2n) is 6.70. The molecule has 0 radical (unpaired) electrons. The standard InChI is InChI=1S/C19H20N4O6S/c1-14(24)21-9-11-22(12-10-21)19(25)17-7-2-3-8-18(17)20-30(28,29)16-6-4-5-15(13-16)23(26)27/h2-8,13,20H,9-12H2,1H3. The van der Waals surface area contributed by atoms with Gasteiger partial charge in [-0.1, -0.05) is 18.2 Å². The van der Waals surface area contributed by atoms with Crippen molar-refractivity contribution in [3.8, 4) is 0 Å². The zero-order valence-corrected chi connectivity index (χ0v) is 17.0. The molecule has 1 saturated heterocycles. The highest BCUT2D eigenvalue weighted by atomic mass is 32.2. The summed E-state index contributed by atoms with van der Waals surface area (Å²) in [5.41, 5.74) is -0.128. The molecule has 2 aromatic rings. The number of hydrogen-bond donors (Lipinski definition) is 1. The number of anilines is 1. The molecule has 0 bridgehead atoms. The van der Waals surface area contributed by atoms with Gasteiger partial charge >= 0.3 is 0 Å². The molecule has 1 heterocycles. The molecule has 1 aliphatic heterocycles. The number of nitro benzene ring substituents is 1. The van der Waals surface area contributed by atoms with Crippen LogP contribution in [0.25, 0.3) is 0 Å². The van der Waals surface area contributed by atoms with Gasteiger partial charge < -0.3 is 9.80 Å². The Balaban J connectivity index is 1.83. The van der Waals surface area contributed by atoms with Gasteiger partial charge in [0.15, 0.2) is 0 Å². The van der Waals surface area contributed by atoms with E-state index < -0.39 is 14.9 Å². The highest BCUT2D eigenvalue weighted by Gasteiger charge is 2.26. The van der Waals surface area contributed by atoms with Gasteiger partial charge in [0.25, 0.3) is 21.6 Å². The van der Waals surface area contributed by atoms with Gasteiger partial charge in [-0.15, -0.1) is 0 Å². The zero-order chi connectivity index (χ0) is 21.9. The molecule has 30 heavy (non-hydrogen) atoms. The average molecular weight is 432 g/mol. The van der Waals surface area contributed by atoms with Gasteiger partial charge in [0.05, 0.1) is 21.1 Å². The number of nitrogens with zero attached hydrogens (tertiary/aromatic N) is 3. The Labute approximate surface area is 173 Å². The molecule has 3 rings (SSSR count). The summed E-state index contributed by atoms with van der Waals surface area (Å²) in [6.07, 6.45) is 0. The van der Waals surface area contributed by atoms with Crippen molar-refractivity contribution in [2.75, 3.05) is 30.9 Å². The smallest absolute Gasteiger partial charge is 0.270 e. The second-order valence-corrected chi connectivity index (χ2v) is 8.39. The van der Waals surface area contributed by atoms with Crippen molar-refractivity contribution in [1.82, 2.24) is 9.80 Å². The lowest BCUT2D eigenvalue weighted by molar-refractivity contribution is -0.385. The van der Waals surface area contributed by atoms with E-state index in [-0.39, 0.29) is 33.6 Å². The number of amides is 2. The summed E-state index contributed by atoms with van der Waals surface area (Å²) in [7, 11) is -4.15. The Kier molecular flexibility index (Phi) is 6.01. The zero-order valence-electron chi connectivity index (χ0n) is 16.1. The van der Waals surface area contributed by atoms with Crippen LogP contribution in [0.1, 0.15) is 17.3 Å². The maximum absolute atomic E-state index is 13.0. The maximum atomic E-state index is 13.0. The van der Waals surface area contributed by atoms with Gasteiger partial charge in [-0.2, -0.15) is 0 Å². The van der Waals surface area contributed by atoms with Crippen LogP contribution in [-0.2, 0) is 14.8 Å². The average Bonchev–Trinajstić information content (AvgIpc) is 2.73. The summed E-state index contributed by atoms with van der Waals surface area (Å²) in [4.78, 5) is 37.6. The number of non-ortho nitro benzene ring substituents is 1. The van der Waals surface area contributed by atoms with Crippen LogP contribution >= 0.6 is 0 Å². The quantitative estimate of drug-likeness (QED) is 0.565. The van der Waals surface area contributed by atoms with Gasteiger partial charge in [0, 0.05) is 45.2 Å². The SMILES string of the molecule is CC(=O)N1CCN(C(=O)c2ccccc2NS(=O)(=O)c2cccc([N+](=O)[O-])c2)CC1. The fraction of sp³-hybridized carbons (Fsp3) is 0.263. The van der Waals surface area contributed by atoms with E-state index in [0.29, 0.717) is 26.2 Å². The van der Waals surface area contributed by atoms with Crippen molar-refractivity contribution in [3.05, 3.63) is 64.2 Å². The molecule has 11 heteroatoms. The fourth-order valence-electron chi connectivity index (χ4n) is 3.12. The molecule has 0 spiro atoms. The summed E-state index contributed by atoms with van der Waals surface area (Å²) in [5.74, 6) is -0.428. The summed E-state index contributed by atoms with van der Waals surface area (Å²) < 4.78 is 27.8. The third-order valence-electron chi connectivity index (χ3n) is 4.75. The number of carbonyl (C=O) groups is 2. The fourth-order valence-corrected chi connectivity index (χ4v) is 4.24. The van der Waals surface area contributed by atoms with Crippen LogP contribution in [0.4, 0.5) is 11.4 Å². The molecule has 2 amide bonds. The number of sulfonamides is 1. The highest BCUT2D eigenvalue weighted by molar-refractivity contribution is 7.92. The molecule has 0 atom stereocenters. The van der Waals surface area contributed by atoms with E-state index in [1.807, 2.05) is 0 Å². The summed E-state index contributed by atoms with van der Waals surface area (Å²) in [6.45, 7) is 2.95. The van der Waals surface area contributed by atoms with E-state index in [9.17, 15) is 28.1 Å². The van der Waals surface area contributed by atoms with E-state index >= 15 is 0 Å². The Hall–Kier alpha value is -3.47. The minimum atomic E-state index is -4.15. The molecule has 2 aromatic carbocycles. The molecule has 0 aliphatic carbocycles. The molecule has 0 saturated carbocycles. The number of piperazine rings is 1. The van der Waals surface area contributed by atoms with Crippen LogP contribution < -0.4 is 4.72 Å². The lowest BCUT2D eigenvalue weighted by Crippen LogP contribution is -2.50. The first-order valence-corrected chi connectivity index (χ1v) is 10.6. The molecular formula is C19H20N4O6S. The highest BCUT2D eigenvalue weighted by Crippen LogP contribution is 2.24. The van der Waals surface area contributed by atoms with E-state index in [4.69, 9.17) is 0 Å². The van der Waals surface area contributed by atoms with Crippen LogP contribution in [0, 0.1) is 10.1 Å². The van der Waals surface area contributed by atoms with Gasteiger partial charge in [-0.3, -0.25) is 24.4 Å². The van der Waals surface area contributed by atoms with E-state index in [1.54, 1.807) is 21.9 Å². The van der Waals surface area contributed by atoms with E-state index in [0.717, 1.165) is 6.07 Å². The minimum Gasteiger partial charge on any atom is -0.339 e. The third kappa shape index (κ3) is 4.57. The molecule has 1 N–H and O–H groups in total. The first kappa shape index (κ1) is 21.2. The number of nitro groups is 1. The largest absolute Gasteiger partial charge is 0.339 e. The number of nitrogens with one attached hydrogen (secondary N) is 1. The van der Waals surface area contributed by atoms with Gasteiger partial charge in [0.1, 0.15) is 0 Å². The molecular weight excluding hydrogens is 412 g/mol. The van der Waals surface area contributed by atoms with Crippen LogP contribution in [0.2, 0.25) is 0 Å². The van der Waals surface area contributed by atoms with Gasteiger partial charge in [-0.05, 0) is 18.2 Å². The number of para-hydroxylation sites is 1. The Bertz CT molecular complexity index is 1090. The molecule has 1 fully saturated rings. The third-order valence-corrected chi connectivity index (χ3v) is 6.12. The van der Waals surface area contributed by atoms with Gasteiger partial charge in [-0.25, -0.2) is 8.42 Å². The first-order valence-electron chi connectivity index (χ1n) is 9.10. The lowest BCUT2D eigenvalue weighted by atomic mass is 10.1. The van der Waals surface area contributed by atoms with Crippen molar-refractivity contribution in [3.63, 3.8) is 0 Å². The monoisotopic (exact) mass is 432 g/mol. The summed E-state index contributed by atoms with van der Waals surface area (Å²) in [6, 6.07) is 10.8. The van der Waals surface area contributed by atoms with Crippen LogP contribution in [-0.4, -0.2) is 61.1 Å². The molecule has 1 aliphatic rings. The molecule has 0 unspecified atom stereocenters. The van der Waals surface area contributed by atoms with E-state index in [1.165, 1.54) is 37.3 Å². The van der Waals surface area contributed by atoms with Crippen molar-refractivity contribution in [1.29, 1.82) is 0 Å². The maximum Gasteiger partial charge on any atom is 0.270 e. The number of rotatable bonds is 5. The van der Waals surface area contributed by atoms with Crippen molar-refractivity contribution in [2.24, 2.45) is 0 Å². The Morgan fingerprint density at radius 1 is 1.00 bits per heavy atom. The number of benzene rings is 2. The Morgan fingerprint density at radius 2 is 1.63 bits per heavy atom. The molecule has 10 nitrogen and oxygen atoms in total. The van der Waals surface area contributed by atoms with Crippen LogP contribution in [0.5, 0.6) is 0 Å².